The van der Waals surface area contributed by atoms with Gasteiger partial charge in [0.05, 0.1) is 6.10 Å². The first-order chi connectivity index (χ1) is 10.0. The van der Waals surface area contributed by atoms with Crippen LogP contribution in [0.15, 0.2) is 36.4 Å². The van der Waals surface area contributed by atoms with Gasteiger partial charge in [-0.3, -0.25) is 0 Å². The van der Waals surface area contributed by atoms with Crippen LogP contribution in [0, 0.1) is 5.92 Å². The number of benzene rings is 1. The summed E-state index contributed by atoms with van der Waals surface area (Å²) < 4.78 is 0. The van der Waals surface area contributed by atoms with Gasteiger partial charge in [-0.2, -0.15) is 0 Å². The van der Waals surface area contributed by atoms with E-state index in [4.69, 9.17) is 5.73 Å². The summed E-state index contributed by atoms with van der Waals surface area (Å²) in [5, 5.41) is 13.0. The van der Waals surface area contributed by atoms with E-state index in [1.807, 2.05) is 30.3 Å². The van der Waals surface area contributed by atoms with Crippen molar-refractivity contribution < 1.29 is 5.11 Å². The van der Waals surface area contributed by atoms with Crippen molar-refractivity contribution in [3.05, 3.63) is 36.4 Å². The Balaban J connectivity index is 2.09. The lowest BCUT2D eigenvalue weighted by Gasteiger charge is -2.14. The van der Waals surface area contributed by atoms with Gasteiger partial charge in [0.2, 0.25) is 0 Å². The molecule has 0 aliphatic carbocycles. The number of hydrogen-bond acceptors (Lipinski definition) is 5. The van der Waals surface area contributed by atoms with Crippen LogP contribution in [-0.4, -0.2) is 27.7 Å². The number of aliphatic hydroxyl groups is 1. The third-order valence-electron chi connectivity index (χ3n) is 3.04. The van der Waals surface area contributed by atoms with Crippen LogP contribution in [0.2, 0.25) is 0 Å². The Morgan fingerprint density at radius 3 is 2.57 bits per heavy atom. The maximum atomic E-state index is 9.90. The summed E-state index contributed by atoms with van der Waals surface area (Å²) in [5.74, 6) is 2.07. The molecule has 4 N–H and O–H groups in total. The van der Waals surface area contributed by atoms with Crippen LogP contribution in [-0.2, 0) is 0 Å². The van der Waals surface area contributed by atoms with Gasteiger partial charge >= 0.3 is 0 Å². The van der Waals surface area contributed by atoms with Gasteiger partial charge in [0.25, 0.3) is 0 Å². The average molecular weight is 286 g/mol. The Kier molecular flexibility index (Phi) is 5.11. The molecule has 1 aromatic carbocycles. The molecule has 0 aliphatic heterocycles. The molecule has 1 atom stereocenters. The highest BCUT2D eigenvalue weighted by atomic mass is 16.3. The average Bonchev–Trinajstić information content (AvgIpc) is 2.45. The zero-order valence-corrected chi connectivity index (χ0v) is 12.5. The molecule has 0 radical (unpaired) electrons. The minimum absolute atomic E-state index is 0.402. The molecule has 2 aromatic rings. The fourth-order valence-corrected chi connectivity index (χ4v) is 2.12. The van der Waals surface area contributed by atoms with E-state index in [0.717, 1.165) is 12.0 Å². The lowest BCUT2D eigenvalue weighted by Crippen LogP contribution is -2.21. The lowest BCUT2D eigenvalue weighted by molar-refractivity contribution is 0.161. The summed E-state index contributed by atoms with van der Waals surface area (Å²) >= 11 is 0. The first kappa shape index (κ1) is 15.3. The van der Waals surface area contributed by atoms with Crippen molar-refractivity contribution in [2.45, 2.75) is 26.4 Å². The number of aromatic nitrogens is 2. The van der Waals surface area contributed by atoms with Crippen molar-refractivity contribution in [1.82, 2.24) is 9.97 Å². The first-order valence-corrected chi connectivity index (χ1v) is 7.16. The van der Waals surface area contributed by atoms with Crippen LogP contribution in [0.5, 0.6) is 0 Å². The van der Waals surface area contributed by atoms with E-state index >= 15 is 0 Å². The molecule has 2 rings (SSSR count). The normalized spacial score (nSPS) is 12.4. The van der Waals surface area contributed by atoms with Gasteiger partial charge in [0.15, 0.2) is 5.82 Å². The van der Waals surface area contributed by atoms with Gasteiger partial charge < -0.3 is 16.2 Å². The molecule has 0 amide bonds. The monoisotopic (exact) mass is 286 g/mol. The molecule has 0 bridgehead atoms. The van der Waals surface area contributed by atoms with Crippen molar-refractivity contribution >= 4 is 11.6 Å². The van der Waals surface area contributed by atoms with Gasteiger partial charge in [0.1, 0.15) is 11.6 Å². The van der Waals surface area contributed by atoms with Crippen molar-refractivity contribution in [1.29, 1.82) is 0 Å². The van der Waals surface area contributed by atoms with Crippen LogP contribution in [0.4, 0.5) is 11.6 Å². The van der Waals surface area contributed by atoms with Gasteiger partial charge in [0, 0.05) is 18.2 Å². The minimum atomic E-state index is -0.402. The van der Waals surface area contributed by atoms with Crippen molar-refractivity contribution in [3.63, 3.8) is 0 Å². The number of hydrogen-bond donors (Lipinski definition) is 3. The number of nitrogens with two attached hydrogens (primary N) is 1. The van der Waals surface area contributed by atoms with E-state index in [9.17, 15) is 5.11 Å². The summed E-state index contributed by atoms with van der Waals surface area (Å²) in [5.41, 5.74) is 6.74. The highest BCUT2D eigenvalue weighted by molar-refractivity contribution is 5.60. The number of rotatable bonds is 6. The minimum Gasteiger partial charge on any atom is -0.391 e. The first-order valence-electron chi connectivity index (χ1n) is 7.16. The fraction of sp³-hybridized carbons (Fsp3) is 0.375. The Hall–Kier alpha value is -2.14. The number of anilines is 2. The second-order valence-corrected chi connectivity index (χ2v) is 5.53. The van der Waals surface area contributed by atoms with Crippen molar-refractivity contribution in [3.8, 4) is 11.4 Å². The summed E-state index contributed by atoms with van der Waals surface area (Å²) in [6.07, 6.45) is 0.348. The van der Waals surface area contributed by atoms with Crippen LogP contribution < -0.4 is 11.1 Å². The smallest absolute Gasteiger partial charge is 0.163 e. The number of nitrogen functional groups attached to an aromatic ring is 1. The standard InChI is InChI=1S/C16H22N4O/c1-11(2)8-13(21)10-18-15-9-14(17)19-16(20-15)12-6-4-3-5-7-12/h3-7,9,11,13,21H,8,10H2,1-2H3,(H3,17,18,19,20). The molecule has 21 heavy (non-hydrogen) atoms. The number of aliphatic hydroxyl groups excluding tert-OH is 1. The quantitative estimate of drug-likeness (QED) is 0.760. The van der Waals surface area contributed by atoms with Gasteiger partial charge in [-0.1, -0.05) is 44.2 Å². The van der Waals surface area contributed by atoms with Crippen LogP contribution >= 0.6 is 0 Å². The summed E-state index contributed by atoms with van der Waals surface area (Å²) in [6, 6.07) is 11.4. The second-order valence-electron chi connectivity index (χ2n) is 5.53. The molecule has 1 unspecified atom stereocenters. The van der Waals surface area contributed by atoms with E-state index in [1.165, 1.54) is 0 Å². The summed E-state index contributed by atoms with van der Waals surface area (Å²) in [6.45, 7) is 4.61. The molecule has 1 heterocycles. The summed E-state index contributed by atoms with van der Waals surface area (Å²) in [4.78, 5) is 8.69. The van der Waals surface area contributed by atoms with E-state index in [1.54, 1.807) is 6.07 Å². The molecule has 5 heteroatoms. The highest BCUT2D eigenvalue weighted by Crippen LogP contribution is 2.18. The van der Waals surface area contributed by atoms with Crippen LogP contribution in [0.1, 0.15) is 20.3 Å². The predicted octanol–water partition coefficient (Wildman–Crippen LogP) is 2.54. The molecule has 0 saturated carbocycles. The Morgan fingerprint density at radius 2 is 1.90 bits per heavy atom. The van der Waals surface area contributed by atoms with Gasteiger partial charge in [-0.05, 0) is 12.3 Å². The Labute approximate surface area is 125 Å². The number of nitrogens with one attached hydrogen (secondary N) is 1. The molecule has 0 fully saturated rings. The zero-order chi connectivity index (χ0) is 15.2. The van der Waals surface area contributed by atoms with E-state index in [2.05, 4.69) is 29.1 Å². The van der Waals surface area contributed by atoms with Gasteiger partial charge in [-0.15, -0.1) is 0 Å². The maximum absolute atomic E-state index is 9.90. The van der Waals surface area contributed by atoms with E-state index < -0.39 is 6.10 Å². The lowest BCUT2D eigenvalue weighted by atomic mass is 10.1. The Morgan fingerprint density at radius 1 is 1.19 bits per heavy atom. The maximum Gasteiger partial charge on any atom is 0.163 e. The largest absolute Gasteiger partial charge is 0.391 e. The number of nitrogens with zero attached hydrogens (tertiary/aromatic N) is 2. The molecule has 0 spiro atoms. The fourth-order valence-electron chi connectivity index (χ4n) is 2.12. The Bertz CT molecular complexity index is 572. The third kappa shape index (κ3) is 4.72. The van der Waals surface area contributed by atoms with Crippen LogP contribution in [0.3, 0.4) is 0 Å². The third-order valence-corrected chi connectivity index (χ3v) is 3.04. The molecule has 0 aliphatic rings. The van der Waals surface area contributed by atoms with Crippen LogP contribution in [0.25, 0.3) is 11.4 Å². The summed E-state index contributed by atoms with van der Waals surface area (Å²) in [7, 11) is 0. The second kappa shape index (κ2) is 7.04. The van der Waals surface area contributed by atoms with E-state index in [0.29, 0.717) is 29.9 Å². The SMILES string of the molecule is CC(C)CC(O)CNc1cc(N)nc(-c2ccccc2)n1. The molecular weight excluding hydrogens is 264 g/mol. The highest BCUT2D eigenvalue weighted by Gasteiger charge is 2.09. The van der Waals surface area contributed by atoms with E-state index in [-0.39, 0.29) is 0 Å². The molecular formula is C16H22N4O. The topological polar surface area (TPSA) is 84.1 Å². The van der Waals surface area contributed by atoms with Crippen molar-refractivity contribution in [2.75, 3.05) is 17.6 Å². The molecule has 5 nitrogen and oxygen atoms in total. The zero-order valence-electron chi connectivity index (χ0n) is 12.5. The predicted molar refractivity (Wildman–Crippen MR) is 85.8 cm³/mol. The molecule has 112 valence electrons. The molecule has 1 aromatic heterocycles. The molecule has 0 saturated heterocycles. The van der Waals surface area contributed by atoms with Crippen molar-refractivity contribution in [2.24, 2.45) is 5.92 Å². The van der Waals surface area contributed by atoms with Gasteiger partial charge in [-0.25, -0.2) is 9.97 Å².